The van der Waals surface area contributed by atoms with Gasteiger partial charge in [-0.2, -0.15) is 0 Å². The average molecular weight is 576 g/mol. The third kappa shape index (κ3) is 5.89. The molecule has 1 aromatic carbocycles. The number of halogens is 1. The number of hydrogen-bond donors (Lipinski definition) is 1. The van der Waals surface area contributed by atoms with Crippen LogP contribution in [0.4, 0.5) is 10.3 Å². The third-order valence-electron chi connectivity index (χ3n) is 5.54. The van der Waals surface area contributed by atoms with E-state index < -0.39 is 27.2 Å². The summed E-state index contributed by atoms with van der Waals surface area (Å²) in [5.74, 6) is 0.201. The highest BCUT2D eigenvalue weighted by Gasteiger charge is 2.35. The van der Waals surface area contributed by atoms with E-state index in [1.54, 1.807) is 18.2 Å². The van der Waals surface area contributed by atoms with Gasteiger partial charge in [0.25, 0.3) is 0 Å². The largest absolute Gasteiger partial charge is 0.494 e. The van der Waals surface area contributed by atoms with Gasteiger partial charge < -0.3 is 14.2 Å². The monoisotopic (exact) mass is 575 g/mol. The Labute approximate surface area is 228 Å². The number of ether oxygens (including phenoxy) is 3. The summed E-state index contributed by atoms with van der Waals surface area (Å²) in [7, 11) is -1.28. The Morgan fingerprint density at radius 1 is 1.18 bits per heavy atom. The number of para-hydroxylation sites is 1. The molecular weight excluding hydrogens is 549 g/mol. The third-order valence-corrected chi connectivity index (χ3v) is 8.19. The van der Waals surface area contributed by atoms with Gasteiger partial charge in [-0.1, -0.05) is 12.1 Å². The van der Waals surface area contributed by atoms with E-state index in [1.807, 2.05) is 12.3 Å². The second kappa shape index (κ2) is 11.8. The molecule has 0 fully saturated rings. The minimum atomic E-state index is -4.24. The molecule has 0 aliphatic rings. The van der Waals surface area contributed by atoms with Crippen LogP contribution in [0, 0.1) is 12.7 Å². The van der Waals surface area contributed by atoms with Gasteiger partial charge >= 0.3 is 0 Å². The van der Waals surface area contributed by atoms with Crippen molar-refractivity contribution in [3.05, 3.63) is 66.0 Å². The zero-order valence-corrected chi connectivity index (χ0v) is 23.2. The number of nitrogens with one attached hydrogen (secondary N) is 1. The minimum Gasteiger partial charge on any atom is -0.494 e. The molecule has 0 saturated carbocycles. The van der Waals surface area contributed by atoms with Gasteiger partial charge in [0.2, 0.25) is 16.0 Å². The van der Waals surface area contributed by atoms with E-state index in [0.29, 0.717) is 22.2 Å². The predicted octanol–water partition coefficient (Wildman–Crippen LogP) is 3.72. The fourth-order valence-corrected chi connectivity index (χ4v) is 5.52. The average Bonchev–Trinajstić information content (AvgIpc) is 3.54. The molecule has 0 spiro atoms. The molecule has 2 atom stereocenters. The topological polar surface area (TPSA) is 143 Å². The number of benzene rings is 1. The van der Waals surface area contributed by atoms with Gasteiger partial charge in [-0.3, -0.25) is 9.29 Å². The van der Waals surface area contributed by atoms with Gasteiger partial charge in [-0.25, -0.2) is 27.8 Å². The van der Waals surface area contributed by atoms with Gasteiger partial charge in [0.05, 0.1) is 33.2 Å². The van der Waals surface area contributed by atoms with Crippen molar-refractivity contribution in [2.24, 2.45) is 0 Å². The lowest BCUT2D eigenvalue weighted by Crippen LogP contribution is -2.34. The Morgan fingerprint density at radius 3 is 2.41 bits per heavy atom. The van der Waals surface area contributed by atoms with Gasteiger partial charge in [-0.05, 0) is 26.0 Å². The number of thiazole rings is 1. The number of rotatable bonds is 12. The summed E-state index contributed by atoms with van der Waals surface area (Å²) >= 11 is 1.32. The Kier molecular flexibility index (Phi) is 8.52. The molecule has 3 heterocycles. The first-order valence-corrected chi connectivity index (χ1v) is 13.9. The van der Waals surface area contributed by atoms with Crippen molar-refractivity contribution in [1.29, 1.82) is 0 Å². The molecule has 0 saturated heterocycles. The SMILES string of the molecule is C=CCO[C@H](c1ncc(F)cn1)[C@H](C)S(=O)(=O)Nc1nnc(-c2nc(C)cs2)n1-c1c(OC)cccc1OC. The highest BCUT2D eigenvalue weighted by molar-refractivity contribution is 7.93. The van der Waals surface area contributed by atoms with Gasteiger partial charge in [0.1, 0.15) is 28.5 Å². The Hall–Kier alpha value is -3.95. The second-order valence-electron chi connectivity index (χ2n) is 8.14. The zero-order valence-electron chi connectivity index (χ0n) is 21.5. The molecule has 206 valence electrons. The molecule has 0 amide bonds. The number of aryl methyl sites for hydroxylation is 1. The van der Waals surface area contributed by atoms with Crippen LogP contribution < -0.4 is 14.2 Å². The van der Waals surface area contributed by atoms with Crippen LogP contribution in [0.3, 0.4) is 0 Å². The molecule has 39 heavy (non-hydrogen) atoms. The van der Waals surface area contributed by atoms with Crippen LogP contribution in [0.25, 0.3) is 16.5 Å². The molecule has 0 aliphatic carbocycles. The van der Waals surface area contributed by atoms with Crippen molar-refractivity contribution in [3.8, 4) is 28.0 Å². The molecule has 1 N–H and O–H groups in total. The molecular formula is C24H26FN7O5S2. The predicted molar refractivity (Wildman–Crippen MR) is 143 cm³/mol. The van der Waals surface area contributed by atoms with Crippen molar-refractivity contribution < 1.29 is 27.0 Å². The van der Waals surface area contributed by atoms with E-state index in [0.717, 1.165) is 18.1 Å². The molecule has 0 radical (unpaired) electrons. The normalized spacial score (nSPS) is 13.1. The lowest BCUT2D eigenvalue weighted by Gasteiger charge is -2.23. The lowest BCUT2D eigenvalue weighted by molar-refractivity contribution is 0.0669. The number of anilines is 1. The van der Waals surface area contributed by atoms with Crippen LogP contribution in [0.2, 0.25) is 0 Å². The number of methoxy groups -OCH3 is 2. The van der Waals surface area contributed by atoms with Crippen LogP contribution >= 0.6 is 11.3 Å². The van der Waals surface area contributed by atoms with Crippen LogP contribution in [-0.2, 0) is 14.8 Å². The van der Waals surface area contributed by atoms with E-state index in [9.17, 15) is 12.8 Å². The quantitative estimate of drug-likeness (QED) is 0.248. The number of nitrogens with zero attached hydrogens (tertiary/aromatic N) is 6. The van der Waals surface area contributed by atoms with Crippen molar-refractivity contribution in [2.45, 2.75) is 25.2 Å². The summed E-state index contributed by atoms with van der Waals surface area (Å²) in [4.78, 5) is 12.3. The highest BCUT2D eigenvalue weighted by atomic mass is 32.2. The van der Waals surface area contributed by atoms with Gasteiger partial charge in [0, 0.05) is 11.1 Å². The molecule has 15 heteroatoms. The van der Waals surface area contributed by atoms with Crippen molar-refractivity contribution in [3.63, 3.8) is 0 Å². The summed E-state index contributed by atoms with van der Waals surface area (Å²) in [5.41, 5.74) is 1.12. The van der Waals surface area contributed by atoms with Crippen LogP contribution in [0.1, 0.15) is 24.5 Å². The second-order valence-corrected chi connectivity index (χ2v) is 11.0. The molecule has 0 aliphatic heterocycles. The summed E-state index contributed by atoms with van der Waals surface area (Å²) in [5, 5.41) is 9.47. The summed E-state index contributed by atoms with van der Waals surface area (Å²) in [6, 6.07) is 5.12. The van der Waals surface area contributed by atoms with Crippen molar-refractivity contribution >= 4 is 27.3 Å². The smallest absolute Gasteiger partial charge is 0.243 e. The Bertz CT molecular complexity index is 1540. The molecule has 0 unspecified atom stereocenters. The molecule has 12 nitrogen and oxygen atoms in total. The fraction of sp³-hybridized carbons (Fsp3) is 0.292. The van der Waals surface area contributed by atoms with E-state index >= 15 is 0 Å². The van der Waals surface area contributed by atoms with Crippen LogP contribution in [0.15, 0.2) is 48.6 Å². The van der Waals surface area contributed by atoms with E-state index in [1.165, 1.54) is 43.1 Å². The number of aromatic nitrogens is 6. The zero-order chi connectivity index (χ0) is 28.2. The first-order valence-electron chi connectivity index (χ1n) is 11.5. The first kappa shape index (κ1) is 28.1. The fourth-order valence-electron chi connectivity index (χ4n) is 3.65. The van der Waals surface area contributed by atoms with Crippen molar-refractivity contribution in [2.75, 3.05) is 25.5 Å². The number of hydrogen-bond acceptors (Lipinski definition) is 11. The molecule has 4 rings (SSSR count). The molecule has 3 aromatic heterocycles. The van der Waals surface area contributed by atoms with Crippen LogP contribution in [-0.4, -0.2) is 64.2 Å². The Balaban J connectivity index is 1.82. The van der Waals surface area contributed by atoms with Gasteiger partial charge in [0.15, 0.2) is 22.5 Å². The maximum Gasteiger partial charge on any atom is 0.243 e. The summed E-state index contributed by atoms with van der Waals surface area (Å²) < 4.78 is 61.6. The molecule has 0 bridgehead atoms. The summed E-state index contributed by atoms with van der Waals surface area (Å²) in [6.07, 6.45) is 2.17. The van der Waals surface area contributed by atoms with Gasteiger partial charge in [-0.15, -0.1) is 28.1 Å². The maximum atomic E-state index is 13.7. The standard InChI is InChI=1S/C24H26FN7O5S2/c1-6-10-37-20(21-26-11-16(25)12-27-21)15(3)39(33,34)31-24-30-29-22(23-28-14(2)13-38-23)32(24)19-17(35-4)8-7-9-18(19)36-5/h6-9,11-13,15,20H,1,10H2,2-5H3,(H,30,31)/t15-,20-/m0/s1. The lowest BCUT2D eigenvalue weighted by atomic mass is 10.2. The minimum absolute atomic E-state index is 0.00735. The number of sulfonamides is 1. The molecule has 4 aromatic rings. The van der Waals surface area contributed by atoms with E-state index in [2.05, 4.69) is 36.5 Å². The summed E-state index contributed by atoms with van der Waals surface area (Å²) in [6.45, 7) is 6.85. The Morgan fingerprint density at radius 2 is 1.85 bits per heavy atom. The maximum absolute atomic E-state index is 13.7. The van der Waals surface area contributed by atoms with Crippen molar-refractivity contribution in [1.82, 2.24) is 29.7 Å². The van der Waals surface area contributed by atoms with E-state index in [4.69, 9.17) is 14.2 Å². The van der Waals surface area contributed by atoms with E-state index in [-0.39, 0.29) is 24.2 Å². The van der Waals surface area contributed by atoms with Crippen LogP contribution in [0.5, 0.6) is 11.5 Å². The first-order chi connectivity index (χ1) is 18.7. The highest BCUT2D eigenvalue weighted by Crippen LogP contribution is 2.38.